The molecule has 1 aliphatic carbocycles. The second-order valence-electron chi connectivity index (χ2n) is 5.59. The molecule has 0 radical (unpaired) electrons. The summed E-state index contributed by atoms with van der Waals surface area (Å²) in [6.07, 6.45) is 4.65. The maximum atomic E-state index is 12.0. The van der Waals surface area contributed by atoms with Gasteiger partial charge in [0.25, 0.3) is 5.91 Å². The lowest BCUT2D eigenvalue weighted by Gasteiger charge is -2.28. The smallest absolute Gasteiger partial charge is 0.305 e. The number of hydrogen-bond donors (Lipinski definition) is 3. The van der Waals surface area contributed by atoms with Gasteiger partial charge in [0.05, 0.1) is 18.2 Å². The average molecular weight is 308 g/mol. The van der Waals surface area contributed by atoms with Gasteiger partial charge in [0.1, 0.15) is 0 Å². The third-order valence-electron chi connectivity index (χ3n) is 3.84. The standard InChI is InChI=1S/C15H20N2O5/c18-12(5-8-16-14(21)11-4-3-9-22-11)17-15(10-13(19)20)6-1-2-7-15/h3-4,9H,1-2,5-8,10H2,(H,16,21)(H,17,18)(H,19,20). The van der Waals surface area contributed by atoms with Crippen LogP contribution in [0.5, 0.6) is 0 Å². The third kappa shape index (κ3) is 4.34. The van der Waals surface area contributed by atoms with Crippen LogP contribution in [0.3, 0.4) is 0 Å². The van der Waals surface area contributed by atoms with Gasteiger partial charge in [-0.15, -0.1) is 0 Å². The van der Waals surface area contributed by atoms with Crippen LogP contribution in [-0.4, -0.2) is 35.0 Å². The van der Waals surface area contributed by atoms with Crippen molar-refractivity contribution in [3.8, 4) is 0 Å². The van der Waals surface area contributed by atoms with Crippen molar-refractivity contribution < 1.29 is 23.9 Å². The van der Waals surface area contributed by atoms with E-state index in [4.69, 9.17) is 9.52 Å². The van der Waals surface area contributed by atoms with E-state index in [-0.39, 0.29) is 37.0 Å². The summed E-state index contributed by atoms with van der Waals surface area (Å²) < 4.78 is 4.94. The highest BCUT2D eigenvalue weighted by Crippen LogP contribution is 2.32. The molecule has 1 aliphatic rings. The van der Waals surface area contributed by atoms with Crippen molar-refractivity contribution in [3.63, 3.8) is 0 Å². The predicted octanol–water partition coefficient (Wildman–Crippen LogP) is 1.30. The number of aliphatic carboxylic acids is 1. The van der Waals surface area contributed by atoms with E-state index in [1.165, 1.54) is 12.3 Å². The van der Waals surface area contributed by atoms with Crippen molar-refractivity contribution in [2.75, 3.05) is 6.54 Å². The minimum Gasteiger partial charge on any atom is -0.481 e. The number of carbonyl (C=O) groups is 3. The highest BCUT2D eigenvalue weighted by Gasteiger charge is 2.37. The Morgan fingerprint density at radius 3 is 2.59 bits per heavy atom. The van der Waals surface area contributed by atoms with Gasteiger partial charge >= 0.3 is 5.97 Å². The molecule has 1 saturated carbocycles. The molecule has 2 rings (SSSR count). The number of amides is 2. The van der Waals surface area contributed by atoms with Crippen LogP contribution in [-0.2, 0) is 9.59 Å². The van der Waals surface area contributed by atoms with Gasteiger partial charge < -0.3 is 20.2 Å². The number of carboxylic acids is 1. The third-order valence-corrected chi connectivity index (χ3v) is 3.84. The second kappa shape index (κ2) is 7.11. The Labute approximate surface area is 128 Å². The largest absolute Gasteiger partial charge is 0.481 e. The van der Waals surface area contributed by atoms with E-state index in [0.717, 1.165) is 12.8 Å². The van der Waals surface area contributed by atoms with E-state index in [0.29, 0.717) is 12.8 Å². The van der Waals surface area contributed by atoms with Gasteiger partial charge in [-0.2, -0.15) is 0 Å². The summed E-state index contributed by atoms with van der Waals surface area (Å²) in [5.41, 5.74) is -0.631. The van der Waals surface area contributed by atoms with Crippen molar-refractivity contribution in [1.82, 2.24) is 10.6 Å². The fourth-order valence-electron chi connectivity index (χ4n) is 2.83. The Balaban J connectivity index is 1.77. The van der Waals surface area contributed by atoms with Crippen LogP contribution in [0, 0.1) is 0 Å². The van der Waals surface area contributed by atoms with Gasteiger partial charge in [0.2, 0.25) is 5.91 Å². The minimum absolute atomic E-state index is 0.0580. The summed E-state index contributed by atoms with van der Waals surface area (Å²) in [7, 11) is 0. The molecule has 2 amide bonds. The van der Waals surface area contributed by atoms with E-state index >= 15 is 0 Å². The van der Waals surface area contributed by atoms with E-state index in [1.54, 1.807) is 6.07 Å². The summed E-state index contributed by atoms with van der Waals surface area (Å²) in [6, 6.07) is 3.15. The maximum Gasteiger partial charge on any atom is 0.305 e. The molecule has 1 aromatic heterocycles. The fraction of sp³-hybridized carbons (Fsp3) is 0.533. The number of furan rings is 1. The lowest BCUT2D eigenvalue weighted by atomic mass is 9.93. The molecule has 0 unspecified atom stereocenters. The first-order valence-corrected chi connectivity index (χ1v) is 7.35. The first-order chi connectivity index (χ1) is 10.5. The van der Waals surface area contributed by atoms with Gasteiger partial charge in [-0.1, -0.05) is 12.8 Å². The number of carboxylic acid groups (broad SMARTS) is 1. The van der Waals surface area contributed by atoms with Crippen LogP contribution in [0.2, 0.25) is 0 Å². The summed E-state index contributed by atoms with van der Waals surface area (Å²) in [4.78, 5) is 34.6. The lowest BCUT2D eigenvalue weighted by molar-refractivity contribution is -0.139. The molecular weight excluding hydrogens is 288 g/mol. The number of hydrogen-bond acceptors (Lipinski definition) is 4. The average Bonchev–Trinajstić information content (AvgIpc) is 3.09. The topological polar surface area (TPSA) is 109 Å². The zero-order valence-electron chi connectivity index (χ0n) is 12.3. The van der Waals surface area contributed by atoms with E-state index in [2.05, 4.69) is 10.6 Å². The molecule has 3 N–H and O–H groups in total. The van der Waals surface area contributed by atoms with Crippen LogP contribution in [0.4, 0.5) is 0 Å². The highest BCUT2D eigenvalue weighted by molar-refractivity contribution is 5.91. The first kappa shape index (κ1) is 16.1. The van der Waals surface area contributed by atoms with Crippen LogP contribution in [0.15, 0.2) is 22.8 Å². The molecule has 1 fully saturated rings. The molecule has 7 nitrogen and oxygen atoms in total. The van der Waals surface area contributed by atoms with Gasteiger partial charge in [0.15, 0.2) is 5.76 Å². The SMILES string of the molecule is O=C(O)CC1(NC(=O)CCNC(=O)c2ccco2)CCCC1. The maximum absolute atomic E-state index is 12.0. The zero-order valence-corrected chi connectivity index (χ0v) is 12.3. The molecule has 0 aliphatic heterocycles. The van der Waals surface area contributed by atoms with Gasteiger partial charge in [0, 0.05) is 13.0 Å². The fourth-order valence-corrected chi connectivity index (χ4v) is 2.83. The molecule has 0 spiro atoms. The van der Waals surface area contributed by atoms with Crippen LogP contribution < -0.4 is 10.6 Å². The first-order valence-electron chi connectivity index (χ1n) is 7.35. The lowest BCUT2D eigenvalue weighted by Crippen LogP contribution is -2.48. The number of nitrogens with one attached hydrogen (secondary N) is 2. The van der Waals surface area contributed by atoms with E-state index in [1.807, 2.05) is 0 Å². The van der Waals surface area contributed by atoms with Crippen molar-refractivity contribution in [2.24, 2.45) is 0 Å². The zero-order chi connectivity index (χ0) is 16.0. The Hall–Kier alpha value is -2.31. The van der Waals surface area contributed by atoms with Gasteiger partial charge in [-0.3, -0.25) is 14.4 Å². The summed E-state index contributed by atoms with van der Waals surface area (Å²) in [6.45, 7) is 0.175. The van der Waals surface area contributed by atoms with Crippen molar-refractivity contribution in [3.05, 3.63) is 24.2 Å². The summed E-state index contributed by atoms with van der Waals surface area (Å²) in [5, 5.41) is 14.4. The van der Waals surface area contributed by atoms with Gasteiger partial charge in [-0.05, 0) is 25.0 Å². The molecule has 0 saturated heterocycles. The number of carbonyl (C=O) groups excluding carboxylic acids is 2. The molecule has 0 bridgehead atoms. The van der Waals surface area contributed by atoms with E-state index < -0.39 is 11.5 Å². The molecule has 0 atom stereocenters. The second-order valence-corrected chi connectivity index (χ2v) is 5.59. The van der Waals surface area contributed by atoms with E-state index in [9.17, 15) is 14.4 Å². The van der Waals surface area contributed by atoms with Crippen LogP contribution >= 0.6 is 0 Å². The van der Waals surface area contributed by atoms with Crippen LogP contribution in [0.1, 0.15) is 49.1 Å². The molecule has 22 heavy (non-hydrogen) atoms. The van der Waals surface area contributed by atoms with Gasteiger partial charge in [-0.25, -0.2) is 0 Å². The van der Waals surface area contributed by atoms with Crippen LogP contribution in [0.25, 0.3) is 0 Å². The monoisotopic (exact) mass is 308 g/mol. The number of rotatable bonds is 7. The molecule has 7 heteroatoms. The summed E-state index contributed by atoms with van der Waals surface area (Å²) >= 11 is 0. The molecule has 120 valence electrons. The predicted molar refractivity (Wildman–Crippen MR) is 77.3 cm³/mol. The van der Waals surface area contributed by atoms with Crippen molar-refractivity contribution in [1.29, 1.82) is 0 Å². The normalized spacial score (nSPS) is 16.2. The highest BCUT2D eigenvalue weighted by atomic mass is 16.4. The Bertz CT molecular complexity index is 532. The Morgan fingerprint density at radius 1 is 1.27 bits per heavy atom. The van der Waals surface area contributed by atoms with Crippen molar-refractivity contribution in [2.45, 2.75) is 44.1 Å². The molecule has 1 heterocycles. The molecule has 1 aromatic rings. The molecular formula is C15H20N2O5. The Kier molecular flexibility index (Phi) is 5.19. The Morgan fingerprint density at radius 2 is 2.00 bits per heavy atom. The summed E-state index contributed by atoms with van der Waals surface area (Å²) in [5.74, 6) is -1.34. The molecule has 0 aromatic carbocycles. The quantitative estimate of drug-likeness (QED) is 0.703. The minimum atomic E-state index is -0.909. The van der Waals surface area contributed by atoms with Crippen molar-refractivity contribution >= 4 is 17.8 Å².